The van der Waals surface area contributed by atoms with E-state index in [0.717, 1.165) is 22.8 Å². The van der Waals surface area contributed by atoms with Gasteiger partial charge in [-0.05, 0) is 68.9 Å². The lowest BCUT2D eigenvalue weighted by Gasteiger charge is -2.38. The Morgan fingerprint density at radius 2 is 1.82 bits per heavy atom. The minimum absolute atomic E-state index is 0.0799. The summed E-state index contributed by atoms with van der Waals surface area (Å²) in [6.07, 6.45) is -0.326. The average molecular weight is 612 g/mol. The minimum Gasteiger partial charge on any atom is -0.486 e. The molecule has 10 heteroatoms. The number of aliphatic hydroxyl groups is 1. The Hall–Kier alpha value is -4.67. The SMILES string of the molecule is Cc1cc(C(=O)Nc2cccc3c2O[C@H](CN(C)Cc2ccc(Oc4ccccc4)cc2)[C@@H](C)CN([C@H](C)CO)C3=O)n(C)n1. The van der Waals surface area contributed by atoms with Crippen molar-refractivity contribution in [3.05, 3.63) is 101 Å². The second-order valence-electron chi connectivity index (χ2n) is 11.8. The number of likely N-dealkylation sites (N-methyl/N-ethyl adjacent to an activating group) is 1. The zero-order valence-corrected chi connectivity index (χ0v) is 26.4. The fourth-order valence-corrected chi connectivity index (χ4v) is 5.54. The van der Waals surface area contributed by atoms with Crippen molar-refractivity contribution in [3.8, 4) is 17.2 Å². The van der Waals surface area contributed by atoms with Gasteiger partial charge in [-0.25, -0.2) is 0 Å². The molecule has 10 nitrogen and oxygen atoms in total. The molecule has 2 amide bonds. The maximum Gasteiger partial charge on any atom is 0.274 e. The van der Waals surface area contributed by atoms with Gasteiger partial charge in [0.1, 0.15) is 23.3 Å². The number of carbonyl (C=O) groups is 2. The van der Waals surface area contributed by atoms with E-state index >= 15 is 0 Å². The van der Waals surface area contributed by atoms with Crippen LogP contribution in [0.15, 0.2) is 78.9 Å². The van der Waals surface area contributed by atoms with E-state index in [0.29, 0.717) is 42.3 Å². The zero-order valence-electron chi connectivity index (χ0n) is 26.4. The molecular weight excluding hydrogens is 570 g/mol. The highest BCUT2D eigenvalue weighted by molar-refractivity contribution is 6.06. The van der Waals surface area contributed by atoms with Crippen LogP contribution in [-0.2, 0) is 13.6 Å². The topological polar surface area (TPSA) is 109 Å². The first kappa shape index (κ1) is 31.7. The quantitative estimate of drug-likeness (QED) is 0.256. The van der Waals surface area contributed by atoms with Gasteiger partial charge in [-0.2, -0.15) is 5.10 Å². The molecule has 2 N–H and O–H groups in total. The van der Waals surface area contributed by atoms with Gasteiger partial charge in [0, 0.05) is 32.6 Å². The summed E-state index contributed by atoms with van der Waals surface area (Å²) in [6, 6.07) is 24.2. The third-order valence-electron chi connectivity index (χ3n) is 8.02. The predicted molar refractivity (Wildman–Crippen MR) is 173 cm³/mol. The third-order valence-corrected chi connectivity index (χ3v) is 8.02. The molecule has 5 rings (SSSR count). The van der Waals surface area contributed by atoms with Crippen molar-refractivity contribution in [2.45, 2.75) is 39.5 Å². The fraction of sp³-hybridized carbons (Fsp3) is 0.343. The van der Waals surface area contributed by atoms with E-state index in [2.05, 4.69) is 15.3 Å². The molecule has 236 valence electrons. The van der Waals surface area contributed by atoms with Crippen LogP contribution < -0.4 is 14.8 Å². The number of amides is 2. The Morgan fingerprint density at radius 3 is 2.49 bits per heavy atom. The number of ether oxygens (including phenoxy) is 2. The first-order chi connectivity index (χ1) is 21.6. The van der Waals surface area contributed by atoms with E-state index in [9.17, 15) is 14.7 Å². The molecule has 0 fully saturated rings. The molecule has 0 unspecified atom stereocenters. The molecule has 3 atom stereocenters. The largest absolute Gasteiger partial charge is 0.486 e. The summed E-state index contributed by atoms with van der Waals surface area (Å²) in [5, 5.41) is 17.2. The van der Waals surface area contributed by atoms with Crippen LogP contribution in [0.3, 0.4) is 0 Å². The molecule has 1 aliphatic rings. The molecule has 4 aromatic rings. The van der Waals surface area contributed by atoms with Gasteiger partial charge in [0.2, 0.25) is 0 Å². The van der Waals surface area contributed by atoms with Gasteiger partial charge in [-0.15, -0.1) is 0 Å². The number of nitrogens with one attached hydrogen (secondary N) is 1. The van der Waals surface area contributed by atoms with Gasteiger partial charge in [0.05, 0.1) is 29.6 Å². The summed E-state index contributed by atoms with van der Waals surface area (Å²) in [5.74, 6) is 1.18. The molecule has 0 aliphatic carbocycles. The molecule has 1 aliphatic heterocycles. The molecule has 2 heterocycles. The van der Waals surface area contributed by atoms with Crippen molar-refractivity contribution in [2.75, 3.05) is 32.1 Å². The van der Waals surface area contributed by atoms with Crippen molar-refractivity contribution >= 4 is 17.5 Å². The van der Waals surface area contributed by atoms with Crippen LogP contribution in [0.2, 0.25) is 0 Å². The van der Waals surface area contributed by atoms with Crippen molar-refractivity contribution < 1.29 is 24.2 Å². The van der Waals surface area contributed by atoms with Gasteiger partial charge < -0.3 is 24.8 Å². The molecule has 3 aromatic carbocycles. The first-order valence-corrected chi connectivity index (χ1v) is 15.2. The Bertz CT molecular complexity index is 1620. The standard InChI is InChI=1S/C35H41N5O5/c1-23-19-40(25(3)22-41)35(43)29-12-9-13-30(36-34(42)31-18-24(2)37-39(31)5)33(29)45-32(23)21-38(4)20-26-14-16-28(17-15-26)44-27-10-7-6-8-11-27/h6-18,23,25,32,41H,19-22H2,1-5H3,(H,36,42)/t23-,25+,32+/m0/s1. The lowest BCUT2D eigenvalue weighted by molar-refractivity contribution is 0.0343. The van der Waals surface area contributed by atoms with E-state index in [1.165, 1.54) is 4.68 Å². The highest BCUT2D eigenvalue weighted by atomic mass is 16.5. The van der Waals surface area contributed by atoms with Crippen molar-refractivity contribution in [1.29, 1.82) is 0 Å². The second-order valence-corrected chi connectivity index (χ2v) is 11.8. The van der Waals surface area contributed by atoms with Crippen LogP contribution in [-0.4, -0.2) is 75.4 Å². The van der Waals surface area contributed by atoms with Crippen molar-refractivity contribution in [2.24, 2.45) is 13.0 Å². The number of aromatic nitrogens is 2. The molecule has 0 saturated carbocycles. The number of carbonyl (C=O) groups excluding carboxylic acids is 2. The summed E-state index contributed by atoms with van der Waals surface area (Å²) in [5.41, 5.74) is 2.96. The second kappa shape index (κ2) is 14.0. The molecule has 0 saturated heterocycles. The molecule has 1 aromatic heterocycles. The number of aryl methyl sites for hydroxylation is 2. The average Bonchev–Trinajstić information content (AvgIpc) is 3.37. The van der Waals surface area contributed by atoms with Crippen molar-refractivity contribution in [3.63, 3.8) is 0 Å². The number of hydrogen-bond donors (Lipinski definition) is 2. The van der Waals surface area contributed by atoms with E-state index in [1.807, 2.05) is 82.4 Å². The zero-order chi connectivity index (χ0) is 32.1. The summed E-state index contributed by atoms with van der Waals surface area (Å²) in [4.78, 5) is 30.9. The third kappa shape index (κ3) is 7.53. The van der Waals surface area contributed by atoms with Gasteiger partial charge in [0.15, 0.2) is 5.75 Å². The highest BCUT2D eigenvalue weighted by Gasteiger charge is 2.34. The Balaban J connectivity index is 1.37. The highest BCUT2D eigenvalue weighted by Crippen LogP contribution is 2.35. The Morgan fingerprint density at radius 1 is 1.11 bits per heavy atom. The number of para-hydroxylation sites is 2. The smallest absolute Gasteiger partial charge is 0.274 e. The van der Waals surface area contributed by atoms with Gasteiger partial charge in [-0.3, -0.25) is 19.2 Å². The number of fused-ring (bicyclic) bond motifs is 1. The van der Waals surface area contributed by atoms with Crippen LogP contribution in [0.1, 0.15) is 46.0 Å². The Kier molecular flexibility index (Phi) is 9.85. The van der Waals surface area contributed by atoms with Crippen LogP contribution in [0.4, 0.5) is 5.69 Å². The molecule has 0 radical (unpaired) electrons. The fourth-order valence-electron chi connectivity index (χ4n) is 5.54. The molecule has 0 spiro atoms. The minimum atomic E-state index is -0.392. The Labute approximate surface area is 264 Å². The predicted octanol–water partition coefficient (Wildman–Crippen LogP) is 5.13. The molecule has 45 heavy (non-hydrogen) atoms. The van der Waals surface area contributed by atoms with Crippen molar-refractivity contribution in [1.82, 2.24) is 19.6 Å². The first-order valence-electron chi connectivity index (χ1n) is 15.2. The van der Waals surface area contributed by atoms with Crippen LogP contribution in [0.5, 0.6) is 17.2 Å². The maximum atomic E-state index is 13.8. The summed E-state index contributed by atoms with van der Waals surface area (Å²) in [7, 11) is 3.74. The number of anilines is 1. The van der Waals surface area contributed by atoms with E-state index in [1.54, 1.807) is 36.2 Å². The van der Waals surface area contributed by atoms with E-state index in [-0.39, 0.29) is 30.4 Å². The van der Waals surface area contributed by atoms with Crippen LogP contribution in [0, 0.1) is 12.8 Å². The maximum absolute atomic E-state index is 13.8. The molecule has 0 bridgehead atoms. The monoisotopic (exact) mass is 611 g/mol. The lowest BCUT2D eigenvalue weighted by Crippen LogP contribution is -2.49. The normalized spacial score (nSPS) is 17.2. The van der Waals surface area contributed by atoms with Crippen LogP contribution in [0.25, 0.3) is 0 Å². The number of benzene rings is 3. The number of hydrogen-bond acceptors (Lipinski definition) is 7. The van der Waals surface area contributed by atoms with Gasteiger partial charge in [-0.1, -0.05) is 43.3 Å². The molecular formula is C35H41N5O5. The summed E-state index contributed by atoms with van der Waals surface area (Å²) >= 11 is 0. The summed E-state index contributed by atoms with van der Waals surface area (Å²) in [6.45, 7) is 7.16. The van der Waals surface area contributed by atoms with Crippen LogP contribution >= 0.6 is 0 Å². The van der Waals surface area contributed by atoms with E-state index < -0.39 is 6.04 Å². The lowest BCUT2D eigenvalue weighted by atomic mass is 9.98. The van der Waals surface area contributed by atoms with Gasteiger partial charge >= 0.3 is 0 Å². The van der Waals surface area contributed by atoms with E-state index in [4.69, 9.17) is 9.47 Å². The number of aliphatic hydroxyl groups excluding tert-OH is 1. The number of rotatable bonds is 10. The summed E-state index contributed by atoms with van der Waals surface area (Å²) < 4.78 is 14.1. The van der Waals surface area contributed by atoms with Gasteiger partial charge in [0.25, 0.3) is 11.8 Å². The number of nitrogens with zero attached hydrogens (tertiary/aromatic N) is 4.